The zero-order valence-electron chi connectivity index (χ0n) is 15.8. The van der Waals surface area contributed by atoms with Crippen LogP contribution in [0.3, 0.4) is 0 Å². The minimum Gasteiger partial charge on any atom is -1.00 e. The molecule has 2 aliphatic rings. The zero-order valence-corrected chi connectivity index (χ0v) is 18.0. The summed E-state index contributed by atoms with van der Waals surface area (Å²) in [4.78, 5) is 14.7. The van der Waals surface area contributed by atoms with E-state index in [4.69, 9.17) is 0 Å². The third-order valence-electron chi connectivity index (χ3n) is 5.87. The van der Waals surface area contributed by atoms with Gasteiger partial charge in [0.2, 0.25) is 5.91 Å². The van der Waals surface area contributed by atoms with Crippen LogP contribution in [0.1, 0.15) is 48.0 Å². The lowest BCUT2D eigenvalue weighted by Gasteiger charge is -2.43. The van der Waals surface area contributed by atoms with Crippen molar-refractivity contribution >= 4 is 5.91 Å². The Hall–Kier alpha value is -0.360. The van der Waals surface area contributed by atoms with Crippen LogP contribution in [0, 0.1) is 11.8 Å². The number of quaternary nitrogens is 1. The van der Waals surface area contributed by atoms with Gasteiger partial charge in [0.15, 0.2) is 0 Å². The second-order valence-electron chi connectivity index (χ2n) is 8.40. The van der Waals surface area contributed by atoms with Crippen LogP contribution in [0.4, 0.5) is 0 Å². The van der Waals surface area contributed by atoms with Crippen LogP contribution >= 0.6 is 0 Å². The SMILES string of the molecule is CC1=CC(C)C(=O)N(CC[N+]2(C)CC(C)CC2(C)C)C(C)=C1.[I-]. The van der Waals surface area contributed by atoms with Crippen molar-refractivity contribution in [2.75, 3.05) is 26.7 Å². The zero-order chi connectivity index (χ0) is 16.7. The molecule has 0 aromatic rings. The lowest BCUT2D eigenvalue weighted by atomic mass is 9.96. The van der Waals surface area contributed by atoms with Gasteiger partial charge in [-0.2, -0.15) is 0 Å². The Labute approximate surface area is 159 Å². The molecule has 4 heteroatoms. The first kappa shape index (κ1) is 20.7. The quantitative estimate of drug-likeness (QED) is 0.472. The summed E-state index contributed by atoms with van der Waals surface area (Å²) >= 11 is 0. The monoisotopic (exact) mass is 432 g/mol. The fraction of sp³-hybridized carbons (Fsp3) is 0.737. The molecule has 0 aromatic carbocycles. The summed E-state index contributed by atoms with van der Waals surface area (Å²) in [6.07, 6.45) is 5.48. The molecule has 0 bridgehead atoms. The smallest absolute Gasteiger partial charge is 0.233 e. The molecule has 3 unspecified atom stereocenters. The number of hydrogen-bond acceptors (Lipinski definition) is 1. The molecule has 0 aromatic heterocycles. The molecule has 2 heterocycles. The number of carbonyl (C=O) groups is 1. The Bertz CT molecular complexity index is 523. The molecule has 0 spiro atoms. The number of likely N-dealkylation sites (tertiary alicyclic amines) is 1. The largest absolute Gasteiger partial charge is 1.00 e. The summed E-state index contributed by atoms with van der Waals surface area (Å²) in [5.74, 6) is 0.978. The molecule has 2 aliphatic heterocycles. The average molecular weight is 432 g/mol. The van der Waals surface area contributed by atoms with Crippen LogP contribution in [-0.4, -0.2) is 47.5 Å². The van der Waals surface area contributed by atoms with Crippen molar-refractivity contribution in [2.45, 2.75) is 53.5 Å². The van der Waals surface area contributed by atoms with Gasteiger partial charge in [0, 0.05) is 18.0 Å². The molecule has 3 atom stereocenters. The lowest BCUT2D eigenvalue weighted by molar-refractivity contribution is -0.942. The molecule has 23 heavy (non-hydrogen) atoms. The van der Waals surface area contributed by atoms with Gasteiger partial charge >= 0.3 is 0 Å². The number of allylic oxidation sites excluding steroid dienone is 3. The van der Waals surface area contributed by atoms with Gasteiger partial charge in [-0.15, -0.1) is 0 Å². The van der Waals surface area contributed by atoms with Crippen LogP contribution in [-0.2, 0) is 4.79 Å². The number of carbonyl (C=O) groups excluding carboxylic acids is 1. The Morgan fingerprint density at radius 1 is 1.30 bits per heavy atom. The van der Waals surface area contributed by atoms with Gasteiger partial charge in [-0.05, 0) is 33.8 Å². The van der Waals surface area contributed by atoms with Crippen molar-refractivity contribution in [2.24, 2.45) is 11.8 Å². The predicted molar refractivity (Wildman–Crippen MR) is 92.2 cm³/mol. The number of likely N-dealkylation sites (N-methyl/N-ethyl adjacent to an activating group) is 1. The molecule has 2 rings (SSSR count). The maximum atomic E-state index is 12.7. The number of nitrogens with zero attached hydrogens (tertiary/aromatic N) is 2. The van der Waals surface area contributed by atoms with Crippen molar-refractivity contribution < 1.29 is 33.3 Å². The molecule has 0 radical (unpaired) electrons. The Morgan fingerprint density at radius 3 is 2.43 bits per heavy atom. The van der Waals surface area contributed by atoms with Crippen molar-refractivity contribution in [3.63, 3.8) is 0 Å². The van der Waals surface area contributed by atoms with Crippen molar-refractivity contribution in [3.8, 4) is 0 Å². The van der Waals surface area contributed by atoms with Crippen molar-refractivity contribution in [3.05, 3.63) is 23.4 Å². The topological polar surface area (TPSA) is 20.3 Å². The molecule has 1 fully saturated rings. The van der Waals surface area contributed by atoms with E-state index in [2.05, 4.69) is 53.8 Å². The van der Waals surface area contributed by atoms with E-state index in [9.17, 15) is 4.79 Å². The Balaban J connectivity index is 0.00000264. The summed E-state index contributed by atoms with van der Waals surface area (Å²) in [5, 5.41) is 0. The molecule has 0 aliphatic carbocycles. The summed E-state index contributed by atoms with van der Waals surface area (Å²) in [5.41, 5.74) is 2.57. The highest BCUT2D eigenvalue weighted by atomic mass is 127. The van der Waals surface area contributed by atoms with Gasteiger partial charge in [-0.1, -0.05) is 25.5 Å². The van der Waals surface area contributed by atoms with E-state index in [1.807, 2.05) is 11.8 Å². The number of rotatable bonds is 3. The highest BCUT2D eigenvalue weighted by Crippen LogP contribution is 2.38. The molecule has 0 N–H and O–H groups in total. The van der Waals surface area contributed by atoms with Crippen LogP contribution in [0.2, 0.25) is 0 Å². The first-order chi connectivity index (χ1) is 10.1. The predicted octanol–water partition coefficient (Wildman–Crippen LogP) is 0.584. The van der Waals surface area contributed by atoms with Crippen LogP contribution < -0.4 is 24.0 Å². The fourth-order valence-electron chi connectivity index (χ4n) is 4.41. The molecular formula is C19H33IN2O. The summed E-state index contributed by atoms with van der Waals surface area (Å²) in [6.45, 7) is 16.3. The van der Waals surface area contributed by atoms with Gasteiger partial charge < -0.3 is 33.4 Å². The van der Waals surface area contributed by atoms with E-state index >= 15 is 0 Å². The highest BCUT2D eigenvalue weighted by Gasteiger charge is 2.48. The van der Waals surface area contributed by atoms with Crippen LogP contribution in [0.25, 0.3) is 0 Å². The van der Waals surface area contributed by atoms with E-state index < -0.39 is 0 Å². The van der Waals surface area contributed by atoms with Gasteiger partial charge in [0.05, 0.1) is 38.1 Å². The standard InChI is InChI=1S/C19H33N2O.HI/c1-14-10-16(3)18(22)20(17(4)11-14)8-9-21(7)13-15(2)12-19(21,5)6;/h10-11,15-16H,8-9,12-13H2,1-7H3;1H/q+1;/p-1. The maximum Gasteiger partial charge on any atom is 0.233 e. The Morgan fingerprint density at radius 2 is 1.91 bits per heavy atom. The first-order valence-corrected chi connectivity index (χ1v) is 8.58. The van der Waals surface area contributed by atoms with Gasteiger partial charge in [0.25, 0.3) is 0 Å². The van der Waals surface area contributed by atoms with E-state index in [0.717, 1.165) is 29.2 Å². The molecule has 0 saturated carbocycles. The lowest BCUT2D eigenvalue weighted by Crippen LogP contribution is -3.00. The normalized spacial score (nSPS) is 33.7. The van der Waals surface area contributed by atoms with Gasteiger partial charge in [-0.3, -0.25) is 4.79 Å². The number of hydrogen-bond donors (Lipinski definition) is 0. The minimum atomic E-state index is -0.0236. The van der Waals surface area contributed by atoms with E-state index in [1.54, 1.807) is 0 Å². The summed E-state index contributed by atoms with van der Waals surface area (Å²) < 4.78 is 1.06. The number of halogens is 1. The summed E-state index contributed by atoms with van der Waals surface area (Å²) in [7, 11) is 2.36. The van der Waals surface area contributed by atoms with Crippen LogP contribution in [0.5, 0.6) is 0 Å². The van der Waals surface area contributed by atoms with E-state index in [-0.39, 0.29) is 35.8 Å². The molecule has 3 nitrogen and oxygen atoms in total. The minimum absolute atomic E-state index is 0. The molecule has 1 amide bonds. The van der Waals surface area contributed by atoms with Crippen molar-refractivity contribution in [1.82, 2.24) is 4.90 Å². The molecule has 1 saturated heterocycles. The van der Waals surface area contributed by atoms with Crippen LogP contribution in [0.15, 0.2) is 23.4 Å². The molecule has 132 valence electrons. The second kappa shape index (κ2) is 7.26. The number of amides is 1. The third kappa shape index (κ3) is 4.19. The highest BCUT2D eigenvalue weighted by molar-refractivity contribution is 5.82. The second-order valence-corrected chi connectivity index (χ2v) is 8.40. The van der Waals surface area contributed by atoms with E-state index in [1.165, 1.54) is 18.5 Å². The third-order valence-corrected chi connectivity index (χ3v) is 5.87. The molecular weight excluding hydrogens is 399 g/mol. The summed E-state index contributed by atoms with van der Waals surface area (Å²) in [6, 6.07) is 0. The van der Waals surface area contributed by atoms with Crippen molar-refractivity contribution in [1.29, 1.82) is 0 Å². The van der Waals surface area contributed by atoms with Gasteiger partial charge in [0.1, 0.15) is 0 Å². The Kier molecular flexibility index (Phi) is 6.53. The average Bonchev–Trinajstić information content (AvgIpc) is 2.50. The fourth-order valence-corrected chi connectivity index (χ4v) is 4.41. The first-order valence-electron chi connectivity index (χ1n) is 8.58. The maximum absolute atomic E-state index is 12.7. The van der Waals surface area contributed by atoms with Gasteiger partial charge in [-0.25, -0.2) is 0 Å². The van der Waals surface area contributed by atoms with E-state index in [0.29, 0.717) is 5.54 Å².